The van der Waals surface area contributed by atoms with Crippen LogP contribution in [0.25, 0.3) is 11.0 Å². The van der Waals surface area contributed by atoms with Crippen LogP contribution in [0.4, 0.5) is 16.3 Å². The molecular formula is C32H38N6O5. The number of rotatable bonds is 6. The molecule has 6 rings (SSSR count). The molecule has 2 aromatic heterocycles. The van der Waals surface area contributed by atoms with Crippen LogP contribution in [0.2, 0.25) is 0 Å². The van der Waals surface area contributed by atoms with E-state index in [1.807, 2.05) is 32.9 Å². The number of piperazine rings is 1. The van der Waals surface area contributed by atoms with Gasteiger partial charge in [-0.3, -0.25) is 10.1 Å². The van der Waals surface area contributed by atoms with Crippen molar-refractivity contribution in [3.8, 4) is 0 Å². The summed E-state index contributed by atoms with van der Waals surface area (Å²) >= 11 is 0. The van der Waals surface area contributed by atoms with E-state index in [-0.39, 0.29) is 22.9 Å². The molecule has 0 bridgehead atoms. The number of ketones is 1. The summed E-state index contributed by atoms with van der Waals surface area (Å²) in [5.41, 5.74) is 1.56. The number of amides is 2. The van der Waals surface area contributed by atoms with Crippen LogP contribution in [-0.4, -0.2) is 71.6 Å². The number of nitrogens with one attached hydrogen (secondary N) is 3. The van der Waals surface area contributed by atoms with Gasteiger partial charge >= 0.3 is 6.03 Å². The van der Waals surface area contributed by atoms with E-state index in [1.165, 1.54) is 0 Å². The summed E-state index contributed by atoms with van der Waals surface area (Å²) < 4.78 is 11.2. The van der Waals surface area contributed by atoms with Gasteiger partial charge in [-0.1, -0.05) is 25.9 Å². The number of furan rings is 1. The average molecular weight is 587 g/mol. The number of likely N-dealkylation sites (N-methyl/N-ethyl adjacent to an activating group) is 1. The first-order valence-electron chi connectivity index (χ1n) is 14.5. The summed E-state index contributed by atoms with van der Waals surface area (Å²) in [5.74, 6) is 1.02. The fraction of sp³-hybridized carbons (Fsp3) is 0.406. The molecule has 226 valence electrons. The molecule has 0 saturated carbocycles. The number of anilines is 2. The zero-order chi connectivity index (χ0) is 30.5. The van der Waals surface area contributed by atoms with Gasteiger partial charge in [0, 0.05) is 72.3 Å². The van der Waals surface area contributed by atoms with Gasteiger partial charge in [0.05, 0.1) is 11.5 Å². The first kappa shape index (κ1) is 28.8. The number of aliphatic hydroxyl groups excluding tert-OH is 1. The quantitative estimate of drug-likeness (QED) is 0.286. The Morgan fingerprint density at radius 1 is 1.12 bits per heavy atom. The second kappa shape index (κ2) is 10.7. The van der Waals surface area contributed by atoms with E-state index in [9.17, 15) is 14.7 Å². The first-order valence-corrected chi connectivity index (χ1v) is 14.5. The number of nitrogens with zero attached hydrogens (tertiary/aromatic N) is 3. The van der Waals surface area contributed by atoms with Crippen molar-refractivity contribution in [3.05, 3.63) is 77.2 Å². The Morgan fingerprint density at radius 3 is 2.60 bits per heavy atom. The monoisotopic (exact) mass is 586 g/mol. The molecule has 1 fully saturated rings. The number of carbonyl (C=O) groups is 2. The largest absolute Gasteiger partial charge is 0.512 e. The molecular weight excluding hydrogens is 548 g/mol. The highest BCUT2D eigenvalue weighted by molar-refractivity contribution is 6.09. The van der Waals surface area contributed by atoms with Crippen molar-refractivity contribution in [2.24, 2.45) is 11.3 Å². The molecule has 43 heavy (non-hydrogen) atoms. The smallest absolute Gasteiger partial charge is 0.324 e. The minimum atomic E-state index is -0.554. The minimum Gasteiger partial charge on any atom is -0.512 e. The second-order valence-corrected chi connectivity index (χ2v) is 12.9. The standard InChI is InChI=1S/C32H38N6O5/c1-31(2,3)27-16-28(36-43-27)35-30(41)33-20-6-8-24-19(14-20)15-25(42-24)29(40)22-17-32(4)21(23(39)7-9-26(32)34-22)18-38-12-10-37(5)11-13-38/h6-9,14-17,21,34,39H,10-13,18H2,1-5H3,(H2,33,35,36,41). The summed E-state index contributed by atoms with van der Waals surface area (Å²) in [7, 11) is 2.12. The molecule has 2 unspecified atom stereocenters. The number of hydrogen-bond acceptors (Lipinski definition) is 9. The highest BCUT2D eigenvalue weighted by Crippen LogP contribution is 2.47. The van der Waals surface area contributed by atoms with Gasteiger partial charge in [-0.2, -0.15) is 0 Å². The van der Waals surface area contributed by atoms with Crippen molar-refractivity contribution in [3.63, 3.8) is 0 Å². The first-order chi connectivity index (χ1) is 20.4. The van der Waals surface area contributed by atoms with Gasteiger partial charge < -0.3 is 34.5 Å². The maximum Gasteiger partial charge on any atom is 0.324 e. The van der Waals surface area contributed by atoms with E-state index < -0.39 is 11.4 Å². The van der Waals surface area contributed by atoms with E-state index in [1.54, 1.807) is 36.4 Å². The van der Waals surface area contributed by atoms with E-state index >= 15 is 0 Å². The van der Waals surface area contributed by atoms with Gasteiger partial charge in [0.2, 0.25) is 5.78 Å². The molecule has 2 atom stereocenters. The summed E-state index contributed by atoms with van der Waals surface area (Å²) in [5, 5.41) is 24.2. The van der Waals surface area contributed by atoms with Crippen LogP contribution in [0.15, 0.2) is 74.7 Å². The summed E-state index contributed by atoms with van der Waals surface area (Å²) in [6.45, 7) is 12.6. The lowest BCUT2D eigenvalue weighted by Crippen LogP contribution is -2.48. The van der Waals surface area contributed by atoms with Crippen LogP contribution in [-0.2, 0) is 5.41 Å². The number of Topliss-reactive ketones (excluding diaryl/α,β-unsaturated/α-hetero) is 1. The number of benzene rings is 1. The predicted octanol–water partition coefficient (Wildman–Crippen LogP) is 5.24. The Balaban J connectivity index is 1.16. The summed E-state index contributed by atoms with van der Waals surface area (Å²) in [6, 6.07) is 8.05. The summed E-state index contributed by atoms with van der Waals surface area (Å²) in [6.07, 6.45) is 5.49. The van der Waals surface area contributed by atoms with Crippen LogP contribution in [0.1, 0.15) is 44.0 Å². The van der Waals surface area contributed by atoms with Crippen LogP contribution < -0.4 is 16.0 Å². The maximum atomic E-state index is 13.6. The van der Waals surface area contributed by atoms with Crippen molar-refractivity contribution in [2.45, 2.75) is 33.1 Å². The molecule has 4 heterocycles. The van der Waals surface area contributed by atoms with E-state index in [0.717, 1.165) is 31.9 Å². The lowest BCUT2D eigenvalue weighted by molar-refractivity contribution is 0.100. The molecule has 2 amide bonds. The van der Waals surface area contributed by atoms with Crippen molar-refractivity contribution in [1.82, 2.24) is 20.3 Å². The fourth-order valence-corrected chi connectivity index (χ4v) is 5.82. The van der Waals surface area contributed by atoms with E-state index in [0.29, 0.717) is 46.2 Å². The van der Waals surface area contributed by atoms with Crippen molar-refractivity contribution in [2.75, 3.05) is 50.4 Å². The second-order valence-electron chi connectivity index (χ2n) is 12.9. The molecule has 0 radical (unpaired) electrons. The number of aliphatic hydroxyl groups is 1. The topological polar surface area (TPSA) is 136 Å². The molecule has 3 aliphatic rings. The molecule has 0 spiro atoms. The lowest BCUT2D eigenvalue weighted by Gasteiger charge is -2.41. The van der Waals surface area contributed by atoms with Gasteiger partial charge in [-0.05, 0) is 56.5 Å². The van der Waals surface area contributed by atoms with Gasteiger partial charge in [0.25, 0.3) is 0 Å². The maximum absolute atomic E-state index is 13.6. The molecule has 1 aliphatic carbocycles. The van der Waals surface area contributed by atoms with Crippen LogP contribution >= 0.6 is 0 Å². The molecule has 2 aliphatic heterocycles. The van der Waals surface area contributed by atoms with Crippen molar-refractivity contribution < 1.29 is 23.6 Å². The molecule has 4 N–H and O–H groups in total. The Bertz CT molecular complexity index is 1670. The average Bonchev–Trinajstić information content (AvgIpc) is 3.68. The third-order valence-corrected chi connectivity index (χ3v) is 8.57. The number of hydrogen-bond donors (Lipinski definition) is 4. The van der Waals surface area contributed by atoms with Crippen LogP contribution in [0.5, 0.6) is 0 Å². The Hall–Kier alpha value is -4.35. The van der Waals surface area contributed by atoms with Gasteiger partial charge in [0.15, 0.2) is 11.6 Å². The van der Waals surface area contributed by atoms with E-state index in [4.69, 9.17) is 8.94 Å². The Labute approximate surface area is 250 Å². The fourth-order valence-electron chi connectivity index (χ4n) is 5.82. The summed E-state index contributed by atoms with van der Waals surface area (Å²) in [4.78, 5) is 30.9. The third kappa shape index (κ3) is 5.70. The van der Waals surface area contributed by atoms with Gasteiger partial charge in [0.1, 0.15) is 11.3 Å². The zero-order valence-electron chi connectivity index (χ0n) is 25.2. The Morgan fingerprint density at radius 2 is 1.88 bits per heavy atom. The normalized spacial score (nSPS) is 22.8. The molecule has 1 saturated heterocycles. The Kier molecular flexibility index (Phi) is 7.18. The minimum absolute atomic E-state index is 0.179. The number of allylic oxidation sites excluding steroid dienone is 4. The van der Waals surface area contributed by atoms with Crippen molar-refractivity contribution >= 4 is 34.3 Å². The predicted molar refractivity (Wildman–Crippen MR) is 164 cm³/mol. The van der Waals surface area contributed by atoms with Crippen molar-refractivity contribution in [1.29, 1.82) is 0 Å². The number of fused-ring (bicyclic) bond motifs is 2. The van der Waals surface area contributed by atoms with E-state index in [2.05, 4.69) is 44.9 Å². The number of aromatic nitrogens is 1. The molecule has 11 nitrogen and oxygen atoms in total. The lowest BCUT2D eigenvalue weighted by atomic mass is 9.71. The van der Waals surface area contributed by atoms with Gasteiger partial charge in [-0.25, -0.2) is 4.79 Å². The molecule has 3 aromatic rings. The van der Waals surface area contributed by atoms with Crippen LogP contribution in [0, 0.1) is 11.3 Å². The zero-order valence-corrected chi connectivity index (χ0v) is 25.2. The molecule has 1 aromatic carbocycles. The van der Waals surface area contributed by atoms with Crippen LogP contribution in [0.3, 0.4) is 0 Å². The number of urea groups is 1. The highest BCUT2D eigenvalue weighted by atomic mass is 16.5. The SMILES string of the molecule is CN1CCN(CC2C(O)=CC=C3NC(C(=O)c4cc5cc(NC(=O)Nc6cc(C(C)(C)C)on6)ccc5o4)=CC32C)CC1. The highest BCUT2D eigenvalue weighted by Gasteiger charge is 2.46. The van der Waals surface area contributed by atoms with Gasteiger partial charge in [-0.15, -0.1) is 0 Å². The third-order valence-electron chi connectivity index (χ3n) is 8.57. The molecule has 11 heteroatoms. The number of carbonyl (C=O) groups excluding carboxylic acids is 2.